The van der Waals surface area contributed by atoms with Gasteiger partial charge >= 0.3 is 11.9 Å². The fourth-order valence-electron chi connectivity index (χ4n) is 1.23. The van der Waals surface area contributed by atoms with Gasteiger partial charge in [0.15, 0.2) is 6.61 Å². The van der Waals surface area contributed by atoms with Crippen LogP contribution >= 0.6 is 0 Å². The van der Waals surface area contributed by atoms with Crippen LogP contribution in [0.5, 0.6) is 5.75 Å². The van der Waals surface area contributed by atoms with Gasteiger partial charge in [0.1, 0.15) is 5.75 Å². The van der Waals surface area contributed by atoms with E-state index in [1.807, 2.05) is 0 Å². The lowest BCUT2D eigenvalue weighted by atomic mass is 9.97. The second-order valence-electron chi connectivity index (χ2n) is 5.25. The molecule has 1 aromatic rings. The van der Waals surface area contributed by atoms with E-state index in [-0.39, 0.29) is 18.5 Å². The molecule has 106 valence electrons. The van der Waals surface area contributed by atoms with Gasteiger partial charge in [-0.05, 0) is 45.0 Å². The van der Waals surface area contributed by atoms with Gasteiger partial charge in [-0.15, -0.1) is 0 Å². The van der Waals surface area contributed by atoms with E-state index in [0.29, 0.717) is 5.75 Å². The first-order chi connectivity index (χ1) is 9.29. The molecule has 0 aliphatic rings. The third-order valence-corrected chi connectivity index (χ3v) is 2.24. The zero-order valence-corrected chi connectivity index (χ0v) is 12.1. The molecule has 20 heavy (non-hydrogen) atoms. The fraction of sp³-hybridized carbons (Fsp3) is 0.375. The Hall–Kier alpha value is -2.28. The van der Waals surface area contributed by atoms with Gasteiger partial charge in [-0.1, -0.05) is 11.8 Å². The first-order valence-electron chi connectivity index (χ1n) is 6.23. The van der Waals surface area contributed by atoms with Crippen molar-refractivity contribution < 1.29 is 19.1 Å². The van der Waals surface area contributed by atoms with Crippen LogP contribution in [0.4, 0.5) is 0 Å². The SMILES string of the molecule is CC(=O)Oc1ccc(C#CCOC(=O)C(C)(C)C)cc1. The summed E-state index contributed by atoms with van der Waals surface area (Å²) in [7, 11) is 0. The highest BCUT2D eigenvalue weighted by molar-refractivity contribution is 5.75. The number of esters is 2. The molecule has 0 atom stereocenters. The Morgan fingerprint density at radius 1 is 1.15 bits per heavy atom. The van der Waals surface area contributed by atoms with E-state index in [9.17, 15) is 9.59 Å². The topological polar surface area (TPSA) is 52.6 Å². The molecule has 0 aliphatic heterocycles. The average Bonchev–Trinajstić information content (AvgIpc) is 2.34. The van der Waals surface area contributed by atoms with Gasteiger partial charge in [-0.2, -0.15) is 0 Å². The average molecular weight is 274 g/mol. The Morgan fingerprint density at radius 2 is 1.75 bits per heavy atom. The third-order valence-electron chi connectivity index (χ3n) is 2.24. The summed E-state index contributed by atoms with van der Waals surface area (Å²) in [4.78, 5) is 22.2. The summed E-state index contributed by atoms with van der Waals surface area (Å²) in [6.45, 7) is 6.77. The minimum atomic E-state index is -0.520. The lowest BCUT2D eigenvalue weighted by molar-refractivity contribution is -0.151. The standard InChI is InChI=1S/C16H18O4/c1-12(17)20-14-9-7-13(8-10-14)6-5-11-19-15(18)16(2,3)4/h7-10H,11H2,1-4H3. The van der Waals surface area contributed by atoms with Gasteiger partial charge in [0.2, 0.25) is 0 Å². The molecule has 0 heterocycles. The van der Waals surface area contributed by atoms with E-state index < -0.39 is 5.41 Å². The van der Waals surface area contributed by atoms with E-state index in [2.05, 4.69) is 11.8 Å². The van der Waals surface area contributed by atoms with Crippen LogP contribution in [0.3, 0.4) is 0 Å². The molecule has 4 heteroatoms. The molecule has 0 amide bonds. The highest BCUT2D eigenvalue weighted by atomic mass is 16.5. The van der Waals surface area contributed by atoms with Crippen LogP contribution in [0.2, 0.25) is 0 Å². The Kier molecular flexibility index (Phi) is 5.33. The molecule has 0 saturated carbocycles. The maximum atomic E-state index is 11.5. The highest BCUT2D eigenvalue weighted by Gasteiger charge is 2.22. The number of benzene rings is 1. The van der Waals surface area contributed by atoms with E-state index in [0.717, 1.165) is 5.56 Å². The maximum absolute atomic E-state index is 11.5. The molecule has 0 spiro atoms. The number of hydrogen-bond donors (Lipinski definition) is 0. The molecule has 0 fully saturated rings. The molecule has 0 radical (unpaired) electrons. The molecule has 0 saturated heterocycles. The smallest absolute Gasteiger partial charge is 0.312 e. The van der Waals surface area contributed by atoms with Crippen molar-refractivity contribution in [1.82, 2.24) is 0 Å². The molecule has 0 aromatic heterocycles. The van der Waals surface area contributed by atoms with E-state index in [1.165, 1.54) is 6.92 Å². The van der Waals surface area contributed by atoms with Crippen LogP contribution in [0.1, 0.15) is 33.3 Å². The summed E-state index contributed by atoms with van der Waals surface area (Å²) in [5.74, 6) is 5.46. The summed E-state index contributed by atoms with van der Waals surface area (Å²) in [5.41, 5.74) is 0.237. The largest absolute Gasteiger partial charge is 0.452 e. The first-order valence-corrected chi connectivity index (χ1v) is 6.23. The third kappa shape index (κ3) is 5.57. The zero-order valence-electron chi connectivity index (χ0n) is 12.1. The summed E-state index contributed by atoms with van der Waals surface area (Å²) in [6, 6.07) is 6.78. The predicted molar refractivity (Wildman–Crippen MR) is 75.0 cm³/mol. The minimum absolute atomic E-state index is 0.0573. The Bertz CT molecular complexity index is 539. The summed E-state index contributed by atoms with van der Waals surface area (Å²) >= 11 is 0. The predicted octanol–water partition coefficient (Wildman–Crippen LogP) is 2.55. The van der Waals surface area contributed by atoms with Crippen LogP contribution in [0.25, 0.3) is 0 Å². The van der Waals surface area contributed by atoms with Crippen LogP contribution < -0.4 is 4.74 Å². The molecule has 4 nitrogen and oxygen atoms in total. The van der Waals surface area contributed by atoms with E-state index in [4.69, 9.17) is 9.47 Å². The normalized spacial score (nSPS) is 10.2. The van der Waals surface area contributed by atoms with Gasteiger partial charge in [0, 0.05) is 12.5 Å². The van der Waals surface area contributed by atoms with Gasteiger partial charge in [-0.25, -0.2) is 0 Å². The van der Waals surface area contributed by atoms with Crippen molar-refractivity contribution in [3.8, 4) is 17.6 Å². The zero-order chi connectivity index (χ0) is 15.2. The van der Waals surface area contributed by atoms with Gasteiger partial charge in [-0.3, -0.25) is 9.59 Å². The minimum Gasteiger partial charge on any atom is -0.452 e. The van der Waals surface area contributed by atoms with Gasteiger partial charge < -0.3 is 9.47 Å². The Labute approximate surface area is 119 Å². The van der Waals surface area contributed by atoms with Crippen molar-refractivity contribution >= 4 is 11.9 Å². The molecule has 0 bridgehead atoms. The molecule has 1 rings (SSSR count). The molecular weight excluding hydrogens is 256 g/mol. The van der Waals surface area contributed by atoms with Crippen molar-refractivity contribution in [3.05, 3.63) is 29.8 Å². The number of carbonyl (C=O) groups is 2. The van der Waals surface area contributed by atoms with Crippen molar-refractivity contribution in [2.45, 2.75) is 27.7 Å². The Morgan fingerprint density at radius 3 is 2.25 bits per heavy atom. The molecule has 0 unspecified atom stereocenters. The maximum Gasteiger partial charge on any atom is 0.312 e. The van der Waals surface area contributed by atoms with Crippen LogP contribution in [0, 0.1) is 17.3 Å². The second kappa shape index (κ2) is 6.76. The fourth-order valence-corrected chi connectivity index (χ4v) is 1.23. The van der Waals surface area contributed by atoms with E-state index >= 15 is 0 Å². The molecule has 1 aromatic carbocycles. The van der Waals surface area contributed by atoms with Crippen molar-refractivity contribution in [1.29, 1.82) is 0 Å². The lowest BCUT2D eigenvalue weighted by Crippen LogP contribution is -2.22. The lowest BCUT2D eigenvalue weighted by Gasteiger charge is -2.14. The number of ether oxygens (including phenoxy) is 2. The summed E-state index contributed by atoms with van der Waals surface area (Å²) < 4.78 is 9.93. The van der Waals surface area contributed by atoms with Crippen LogP contribution in [-0.4, -0.2) is 18.5 Å². The second-order valence-corrected chi connectivity index (χ2v) is 5.25. The highest BCUT2D eigenvalue weighted by Crippen LogP contribution is 2.14. The van der Waals surface area contributed by atoms with Crippen molar-refractivity contribution in [2.75, 3.05) is 6.61 Å². The van der Waals surface area contributed by atoms with E-state index in [1.54, 1.807) is 45.0 Å². The number of hydrogen-bond acceptors (Lipinski definition) is 4. The molecule has 0 aliphatic carbocycles. The van der Waals surface area contributed by atoms with Crippen LogP contribution in [0.15, 0.2) is 24.3 Å². The van der Waals surface area contributed by atoms with Crippen molar-refractivity contribution in [3.63, 3.8) is 0 Å². The molecule has 0 N–H and O–H groups in total. The first kappa shape index (κ1) is 15.8. The summed E-state index contributed by atoms with van der Waals surface area (Å²) in [6.07, 6.45) is 0. The van der Waals surface area contributed by atoms with Crippen LogP contribution in [-0.2, 0) is 14.3 Å². The quantitative estimate of drug-likeness (QED) is 0.472. The monoisotopic (exact) mass is 274 g/mol. The molecular formula is C16H18O4. The summed E-state index contributed by atoms with van der Waals surface area (Å²) in [5, 5.41) is 0. The Balaban J connectivity index is 2.52. The number of carbonyl (C=O) groups excluding carboxylic acids is 2. The van der Waals surface area contributed by atoms with Gasteiger partial charge in [0.05, 0.1) is 5.41 Å². The van der Waals surface area contributed by atoms with Crippen molar-refractivity contribution in [2.24, 2.45) is 5.41 Å². The van der Waals surface area contributed by atoms with Gasteiger partial charge in [0.25, 0.3) is 0 Å². The number of rotatable bonds is 2.